The molecule has 1 aliphatic rings. The largest absolute Gasteiger partial charge is 0.494 e. The van der Waals surface area contributed by atoms with E-state index >= 15 is 0 Å². The molecule has 1 saturated heterocycles. The average Bonchev–Trinajstić information content (AvgIpc) is 3.02. The van der Waals surface area contributed by atoms with Gasteiger partial charge < -0.3 is 14.8 Å². The van der Waals surface area contributed by atoms with Gasteiger partial charge in [-0.15, -0.1) is 0 Å². The van der Waals surface area contributed by atoms with Crippen LogP contribution in [0.25, 0.3) is 6.08 Å². The number of halogens is 1. The quantitative estimate of drug-likeness (QED) is 0.369. The minimum Gasteiger partial charge on any atom is -0.494 e. The van der Waals surface area contributed by atoms with Crippen molar-refractivity contribution in [3.8, 4) is 11.5 Å². The number of ether oxygens (including phenoxy) is 2. The Balaban J connectivity index is 1.70. The third-order valence-corrected chi connectivity index (χ3v) is 5.64. The van der Waals surface area contributed by atoms with E-state index in [0.29, 0.717) is 36.0 Å². The Hall–Kier alpha value is -3.04. The first kappa shape index (κ1) is 23.6. The number of hydrogen-bond acceptors (Lipinski definition) is 6. The van der Waals surface area contributed by atoms with E-state index in [1.165, 1.54) is 0 Å². The standard InChI is InChI=1S/C23H21BrN2O5S/c1-3-11-31-19-10-5-16(24)12-15(19)13-20-22(28)26(23(29)32-20)14-21(27)25-17-6-8-18(9-7-17)30-4-2/h3,5-10,12-13H,1,4,11,14H2,2H3,(H,25,27)/b20-13+. The van der Waals surface area contributed by atoms with Crippen LogP contribution in [0.15, 0.2) is 64.5 Å². The summed E-state index contributed by atoms with van der Waals surface area (Å²) in [6.07, 6.45) is 3.20. The molecule has 0 unspecified atom stereocenters. The normalized spacial score (nSPS) is 14.6. The second-order valence-electron chi connectivity index (χ2n) is 6.56. The van der Waals surface area contributed by atoms with Gasteiger partial charge in [0.1, 0.15) is 24.7 Å². The first-order valence-corrected chi connectivity index (χ1v) is 11.3. The number of amides is 3. The van der Waals surface area contributed by atoms with Crippen molar-refractivity contribution in [1.82, 2.24) is 4.90 Å². The van der Waals surface area contributed by atoms with Crippen LogP contribution in [0.5, 0.6) is 11.5 Å². The fourth-order valence-electron chi connectivity index (χ4n) is 2.84. The first-order valence-electron chi connectivity index (χ1n) is 9.72. The van der Waals surface area contributed by atoms with Gasteiger partial charge in [0.2, 0.25) is 5.91 Å². The highest BCUT2D eigenvalue weighted by molar-refractivity contribution is 9.10. The fourth-order valence-corrected chi connectivity index (χ4v) is 4.04. The molecule has 166 valence electrons. The van der Waals surface area contributed by atoms with Gasteiger partial charge in [0.25, 0.3) is 11.1 Å². The van der Waals surface area contributed by atoms with Gasteiger partial charge in [-0.2, -0.15) is 0 Å². The number of rotatable bonds is 9. The Morgan fingerprint density at radius 1 is 1.19 bits per heavy atom. The molecule has 0 bridgehead atoms. The number of carbonyl (C=O) groups is 3. The monoisotopic (exact) mass is 516 g/mol. The second-order valence-corrected chi connectivity index (χ2v) is 8.46. The zero-order valence-corrected chi connectivity index (χ0v) is 19.7. The number of imide groups is 1. The van der Waals surface area contributed by atoms with Gasteiger partial charge in [-0.05, 0) is 67.2 Å². The van der Waals surface area contributed by atoms with Crippen molar-refractivity contribution in [3.63, 3.8) is 0 Å². The predicted molar refractivity (Wildman–Crippen MR) is 129 cm³/mol. The van der Waals surface area contributed by atoms with Crippen LogP contribution in [-0.4, -0.2) is 41.7 Å². The zero-order chi connectivity index (χ0) is 23.1. The first-order chi connectivity index (χ1) is 15.4. The van der Waals surface area contributed by atoms with E-state index < -0.39 is 17.1 Å². The van der Waals surface area contributed by atoms with Crippen molar-refractivity contribution >= 4 is 56.5 Å². The van der Waals surface area contributed by atoms with Crippen LogP contribution in [0.3, 0.4) is 0 Å². The van der Waals surface area contributed by atoms with Gasteiger partial charge in [0.15, 0.2) is 0 Å². The van der Waals surface area contributed by atoms with E-state index in [1.807, 2.05) is 13.0 Å². The third-order valence-electron chi connectivity index (χ3n) is 4.24. The lowest BCUT2D eigenvalue weighted by molar-refractivity contribution is -0.127. The van der Waals surface area contributed by atoms with E-state index in [9.17, 15) is 14.4 Å². The molecule has 1 heterocycles. The summed E-state index contributed by atoms with van der Waals surface area (Å²) in [6, 6.07) is 12.2. The smallest absolute Gasteiger partial charge is 0.294 e. The fraction of sp³-hybridized carbons (Fsp3) is 0.174. The van der Waals surface area contributed by atoms with Crippen molar-refractivity contribution < 1.29 is 23.9 Å². The van der Waals surface area contributed by atoms with Crippen LogP contribution in [-0.2, 0) is 9.59 Å². The molecule has 7 nitrogen and oxygen atoms in total. The molecule has 1 N–H and O–H groups in total. The van der Waals surface area contributed by atoms with E-state index in [0.717, 1.165) is 21.1 Å². The second kappa shape index (κ2) is 11.0. The highest BCUT2D eigenvalue weighted by Crippen LogP contribution is 2.34. The van der Waals surface area contributed by atoms with Crippen LogP contribution in [0, 0.1) is 0 Å². The van der Waals surface area contributed by atoms with Crippen LogP contribution in [0.1, 0.15) is 12.5 Å². The Morgan fingerprint density at radius 2 is 1.94 bits per heavy atom. The van der Waals surface area contributed by atoms with E-state index in [1.54, 1.807) is 48.6 Å². The maximum Gasteiger partial charge on any atom is 0.294 e. The molecule has 9 heteroatoms. The number of thioether (sulfide) groups is 1. The molecule has 0 saturated carbocycles. The highest BCUT2D eigenvalue weighted by atomic mass is 79.9. The number of benzene rings is 2. The molecule has 2 aromatic carbocycles. The van der Waals surface area contributed by atoms with Crippen molar-refractivity contribution in [2.45, 2.75) is 6.92 Å². The van der Waals surface area contributed by atoms with Crippen LogP contribution >= 0.6 is 27.7 Å². The molecular formula is C23H21BrN2O5S. The number of anilines is 1. The van der Waals surface area contributed by atoms with Gasteiger partial charge in [0, 0.05) is 15.7 Å². The van der Waals surface area contributed by atoms with Gasteiger partial charge in [0.05, 0.1) is 11.5 Å². The summed E-state index contributed by atoms with van der Waals surface area (Å²) in [4.78, 5) is 38.7. The number of nitrogens with zero attached hydrogens (tertiary/aromatic N) is 1. The lowest BCUT2D eigenvalue weighted by Gasteiger charge is -2.13. The maximum atomic E-state index is 12.8. The number of nitrogens with one attached hydrogen (secondary N) is 1. The molecule has 0 aromatic heterocycles. The van der Waals surface area contributed by atoms with Crippen molar-refractivity contribution in [1.29, 1.82) is 0 Å². The molecule has 3 rings (SSSR count). The summed E-state index contributed by atoms with van der Waals surface area (Å²) in [5, 5.41) is 2.17. The molecule has 1 aliphatic heterocycles. The lowest BCUT2D eigenvalue weighted by atomic mass is 10.2. The summed E-state index contributed by atoms with van der Waals surface area (Å²) in [5.74, 6) is 0.227. The molecule has 0 radical (unpaired) electrons. The third kappa shape index (κ3) is 6.02. The average molecular weight is 517 g/mol. The topological polar surface area (TPSA) is 84.9 Å². The van der Waals surface area contributed by atoms with E-state index in [2.05, 4.69) is 27.8 Å². The predicted octanol–water partition coefficient (Wildman–Crippen LogP) is 5.09. The zero-order valence-electron chi connectivity index (χ0n) is 17.3. The van der Waals surface area contributed by atoms with Gasteiger partial charge in [-0.1, -0.05) is 28.6 Å². The number of hydrogen-bond donors (Lipinski definition) is 1. The van der Waals surface area contributed by atoms with Gasteiger partial charge >= 0.3 is 0 Å². The summed E-state index contributed by atoms with van der Waals surface area (Å²) < 4.78 is 11.8. The highest BCUT2D eigenvalue weighted by Gasteiger charge is 2.36. The molecular weight excluding hydrogens is 496 g/mol. The summed E-state index contributed by atoms with van der Waals surface area (Å²) >= 11 is 4.18. The minimum atomic E-state index is -0.531. The summed E-state index contributed by atoms with van der Waals surface area (Å²) in [5.41, 5.74) is 1.17. The van der Waals surface area contributed by atoms with Crippen LogP contribution in [0.4, 0.5) is 10.5 Å². The van der Waals surface area contributed by atoms with Crippen molar-refractivity contribution in [2.75, 3.05) is 25.1 Å². The SMILES string of the molecule is C=CCOc1ccc(Br)cc1/C=C1/SC(=O)N(CC(=O)Nc2ccc(OCC)cc2)C1=O. The maximum absolute atomic E-state index is 12.8. The van der Waals surface area contributed by atoms with E-state index in [4.69, 9.17) is 9.47 Å². The summed E-state index contributed by atoms with van der Waals surface area (Å²) in [7, 11) is 0. The van der Waals surface area contributed by atoms with Gasteiger partial charge in [-0.3, -0.25) is 19.3 Å². The summed E-state index contributed by atoms with van der Waals surface area (Å²) in [6.45, 7) is 5.97. The molecule has 32 heavy (non-hydrogen) atoms. The van der Waals surface area contributed by atoms with Crippen LogP contribution < -0.4 is 14.8 Å². The molecule has 1 fully saturated rings. The van der Waals surface area contributed by atoms with E-state index in [-0.39, 0.29) is 11.4 Å². The Morgan fingerprint density at radius 3 is 2.62 bits per heavy atom. The Kier molecular flexibility index (Phi) is 8.13. The molecule has 3 amide bonds. The molecule has 0 aliphatic carbocycles. The molecule has 2 aromatic rings. The lowest BCUT2D eigenvalue weighted by Crippen LogP contribution is -2.36. The Labute approximate surface area is 198 Å². The van der Waals surface area contributed by atoms with Crippen molar-refractivity contribution in [2.24, 2.45) is 0 Å². The van der Waals surface area contributed by atoms with Gasteiger partial charge in [-0.25, -0.2) is 0 Å². The Bertz CT molecular complexity index is 1070. The molecule has 0 spiro atoms. The van der Waals surface area contributed by atoms with Crippen LogP contribution in [0.2, 0.25) is 0 Å². The molecule has 0 atom stereocenters. The minimum absolute atomic E-state index is 0.213. The number of carbonyl (C=O) groups excluding carboxylic acids is 3. The van der Waals surface area contributed by atoms with Crippen molar-refractivity contribution in [3.05, 3.63) is 70.1 Å².